The van der Waals surface area contributed by atoms with Gasteiger partial charge in [-0.3, -0.25) is 4.79 Å². The van der Waals surface area contributed by atoms with Crippen molar-refractivity contribution >= 4 is 28.6 Å². The van der Waals surface area contributed by atoms with Crippen LogP contribution in [0, 0.1) is 0 Å². The molecular formula is C27H25N3O4. The molecular weight excluding hydrogens is 430 g/mol. The van der Waals surface area contributed by atoms with Crippen LogP contribution in [0.2, 0.25) is 0 Å². The summed E-state index contributed by atoms with van der Waals surface area (Å²) >= 11 is 0. The largest absolute Gasteiger partial charge is 0.497 e. The predicted molar refractivity (Wildman–Crippen MR) is 131 cm³/mol. The van der Waals surface area contributed by atoms with Crippen molar-refractivity contribution in [3.8, 4) is 17.1 Å². The second kappa shape index (κ2) is 9.02. The van der Waals surface area contributed by atoms with Gasteiger partial charge < -0.3 is 19.7 Å². The SMILES string of the molecule is COc1ccc(NC(=O)c2cccc(-c3nc4cc(C(=O)O)ccc4n3C3CCCC3)c2)cc1. The van der Waals surface area contributed by atoms with E-state index in [1.54, 1.807) is 49.6 Å². The number of fused-ring (bicyclic) bond motifs is 1. The van der Waals surface area contributed by atoms with Gasteiger partial charge in [-0.2, -0.15) is 0 Å². The fourth-order valence-corrected chi connectivity index (χ4v) is 4.64. The van der Waals surface area contributed by atoms with Crippen molar-refractivity contribution in [1.82, 2.24) is 9.55 Å². The van der Waals surface area contributed by atoms with Crippen molar-refractivity contribution in [2.24, 2.45) is 0 Å². The van der Waals surface area contributed by atoms with E-state index in [1.165, 1.54) is 0 Å². The smallest absolute Gasteiger partial charge is 0.335 e. The number of hydrogen-bond donors (Lipinski definition) is 2. The van der Waals surface area contributed by atoms with E-state index < -0.39 is 5.97 Å². The van der Waals surface area contributed by atoms with Gasteiger partial charge in [0.15, 0.2) is 0 Å². The Labute approximate surface area is 197 Å². The number of hydrogen-bond acceptors (Lipinski definition) is 4. The zero-order valence-electron chi connectivity index (χ0n) is 18.8. The third-order valence-corrected chi connectivity index (χ3v) is 6.36. The second-order valence-corrected chi connectivity index (χ2v) is 8.52. The number of amides is 1. The van der Waals surface area contributed by atoms with E-state index in [0.29, 0.717) is 22.8 Å². The lowest BCUT2D eigenvalue weighted by atomic mass is 10.1. The van der Waals surface area contributed by atoms with Crippen molar-refractivity contribution in [2.75, 3.05) is 12.4 Å². The molecule has 1 aliphatic carbocycles. The van der Waals surface area contributed by atoms with Crippen molar-refractivity contribution in [3.05, 3.63) is 77.9 Å². The summed E-state index contributed by atoms with van der Waals surface area (Å²) in [5.41, 5.74) is 3.79. The number of nitrogens with zero attached hydrogens (tertiary/aromatic N) is 2. The molecule has 1 amide bonds. The van der Waals surface area contributed by atoms with Crippen LogP contribution in [-0.2, 0) is 0 Å². The molecule has 0 unspecified atom stereocenters. The Hall–Kier alpha value is -4.13. The van der Waals surface area contributed by atoms with E-state index in [2.05, 4.69) is 9.88 Å². The van der Waals surface area contributed by atoms with E-state index in [0.717, 1.165) is 48.3 Å². The number of imidazole rings is 1. The summed E-state index contributed by atoms with van der Waals surface area (Å²) in [6.07, 6.45) is 4.41. The summed E-state index contributed by atoms with van der Waals surface area (Å²) in [6, 6.07) is 19.9. The number of methoxy groups -OCH3 is 1. The minimum Gasteiger partial charge on any atom is -0.497 e. The third kappa shape index (κ3) is 4.12. The van der Waals surface area contributed by atoms with E-state index in [4.69, 9.17) is 9.72 Å². The third-order valence-electron chi connectivity index (χ3n) is 6.36. The molecule has 1 aliphatic rings. The van der Waals surface area contributed by atoms with Crippen LogP contribution in [0.15, 0.2) is 66.7 Å². The molecule has 7 heteroatoms. The summed E-state index contributed by atoms with van der Waals surface area (Å²) in [5.74, 6) is 0.278. The van der Waals surface area contributed by atoms with Gasteiger partial charge in [0.1, 0.15) is 11.6 Å². The normalized spacial score (nSPS) is 13.8. The number of aromatic carboxylic acids is 1. The number of carbonyl (C=O) groups is 2. The first-order chi connectivity index (χ1) is 16.5. The minimum atomic E-state index is -0.976. The van der Waals surface area contributed by atoms with Gasteiger partial charge in [-0.25, -0.2) is 9.78 Å². The molecule has 2 N–H and O–H groups in total. The maximum Gasteiger partial charge on any atom is 0.335 e. The Bertz CT molecular complexity index is 1370. The first-order valence-electron chi connectivity index (χ1n) is 11.3. The molecule has 4 aromatic rings. The van der Waals surface area contributed by atoms with Crippen LogP contribution in [0.25, 0.3) is 22.4 Å². The molecule has 0 atom stereocenters. The topological polar surface area (TPSA) is 93.4 Å². The molecule has 7 nitrogen and oxygen atoms in total. The number of carboxylic acids is 1. The number of benzene rings is 3. The van der Waals surface area contributed by atoms with E-state index in [9.17, 15) is 14.7 Å². The highest BCUT2D eigenvalue weighted by Gasteiger charge is 2.24. The fourth-order valence-electron chi connectivity index (χ4n) is 4.64. The Kier molecular flexibility index (Phi) is 5.76. The van der Waals surface area contributed by atoms with Gasteiger partial charge in [0.25, 0.3) is 5.91 Å². The van der Waals surface area contributed by atoms with Crippen LogP contribution < -0.4 is 10.1 Å². The average molecular weight is 456 g/mol. The average Bonchev–Trinajstić information content (AvgIpc) is 3.52. The van der Waals surface area contributed by atoms with E-state index >= 15 is 0 Å². The van der Waals surface area contributed by atoms with Crippen molar-refractivity contribution in [3.63, 3.8) is 0 Å². The standard InChI is InChI=1S/C27H25N3O4/c1-34-22-12-10-20(11-13-22)28-26(31)18-6-4-5-17(15-18)25-29-23-16-19(27(32)33)9-14-24(23)30(25)21-7-2-3-8-21/h4-6,9-16,21H,2-3,7-8H2,1H3,(H,28,31)(H,32,33). The summed E-state index contributed by atoms with van der Waals surface area (Å²) in [6.45, 7) is 0. The number of rotatable bonds is 6. The Balaban J connectivity index is 1.52. The maximum absolute atomic E-state index is 13.0. The maximum atomic E-state index is 13.0. The predicted octanol–water partition coefficient (Wildman–Crippen LogP) is 5.78. The summed E-state index contributed by atoms with van der Waals surface area (Å²) in [5, 5.41) is 12.3. The number of nitrogens with one attached hydrogen (secondary N) is 1. The number of aromatic nitrogens is 2. The van der Waals surface area contributed by atoms with Gasteiger partial charge in [0.05, 0.1) is 23.7 Å². The van der Waals surface area contributed by atoms with Crippen LogP contribution in [0.1, 0.15) is 52.4 Å². The molecule has 1 aromatic heterocycles. The Morgan fingerprint density at radius 2 is 1.76 bits per heavy atom. The second-order valence-electron chi connectivity index (χ2n) is 8.52. The Morgan fingerprint density at radius 1 is 1.00 bits per heavy atom. The van der Waals surface area contributed by atoms with E-state index in [-0.39, 0.29) is 11.5 Å². The molecule has 1 saturated carbocycles. The van der Waals surface area contributed by atoms with Crippen LogP contribution in [0.5, 0.6) is 5.75 Å². The lowest BCUT2D eigenvalue weighted by Crippen LogP contribution is -2.12. The molecule has 0 radical (unpaired) electrons. The number of carboxylic acid groups (broad SMARTS) is 1. The highest BCUT2D eigenvalue weighted by atomic mass is 16.5. The van der Waals surface area contributed by atoms with Gasteiger partial charge in [-0.05, 0) is 67.4 Å². The van der Waals surface area contributed by atoms with Gasteiger partial charge in [-0.1, -0.05) is 25.0 Å². The monoisotopic (exact) mass is 455 g/mol. The fraction of sp³-hybridized carbons (Fsp3) is 0.222. The van der Waals surface area contributed by atoms with Crippen LogP contribution in [0.4, 0.5) is 5.69 Å². The molecule has 5 rings (SSSR count). The molecule has 0 saturated heterocycles. The molecule has 172 valence electrons. The van der Waals surface area contributed by atoms with Gasteiger partial charge in [-0.15, -0.1) is 0 Å². The lowest BCUT2D eigenvalue weighted by molar-refractivity contribution is 0.0696. The lowest BCUT2D eigenvalue weighted by Gasteiger charge is -2.17. The van der Waals surface area contributed by atoms with Crippen LogP contribution >= 0.6 is 0 Å². The number of carbonyl (C=O) groups excluding carboxylic acids is 1. The first kappa shape index (κ1) is 21.7. The zero-order valence-corrected chi connectivity index (χ0v) is 18.8. The highest BCUT2D eigenvalue weighted by molar-refractivity contribution is 6.05. The minimum absolute atomic E-state index is 0.211. The first-order valence-corrected chi connectivity index (χ1v) is 11.3. The van der Waals surface area contributed by atoms with Gasteiger partial charge in [0, 0.05) is 22.9 Å². The highest BCUT2D eigenvalue weighted by Crippen LogP contribution is 2.37. The summed E-state index contributed by atoms with van der Waals surface area (Å²) in [4.78, 5) is 29.3. The van der Waals surface area contributed by atoms with E-state index in [1.807, 2.05) is 24.3 Å². The molecule has 0 aliphatic heterocycles. The molecule has 1 heterocycles. The van der Waals surface area contributed by atoms with Crippen LogP contribution in [-0.4, -0.2) is 33.6 Å². The van der Waals surface area contributed by atoms with Gasteiger partial charge in [0.2, 0.25) is 0 Å². The van der Waals surface area contributed by atoms with Gasteiger partial charge >= 0.3 is 5.97 Å². The molecule has 0 spiro atoms. The number of anilines is 1. The molecule has 3 aromatic carbocycles. The summed E-state index contributed by atoms with van der Waals surface area (Å²) < 4.78 is 7.38. The molecule has 1 fully saturated rings. The van der Waals surface area contributed by atoms with Crippen molar-refractivity contribution < 1.29 is 19.4 Å². The molecule has 0 bridgehead atoms. The molecule has 34 heavy (non-hydrogen) atoms. The zero-order chi connectivity index (χ0) is 23.7. The van der Waals surface area contributed by atoms with Crippen molar-refractivity contribution in [1.29, 1.82) is 0 Å². The summed E-state index contributed by atoms with van der Waals surface area (Å²) in [7, 11) is 1.60. The Morgan fingerprint density at radius 3 is 2.47 bits per heavy atom. The van der Waals surface area contributed by atoms with Crippen molar-refractivity contribution in [2.45, 2.75) is 31.7 Å². The quantitative estimate of drug-likeness (QED) is 0.385. The number of ether oxygens (including phenoxy) is 1. The van der Waals surface area contributed by atoms with Crippen LogP contribution in [0.3, 0.4) is 0 Å².